The van der Waals surface area contributed by atoms with E-state index in [-0.39, 0.29) is 12.0 Å². The Labute approximate surface area is 132 Å². The first-order valence-electron chi connectivity index (χ1n) is 7.96. The zero-order chi connectivity index (χ0) is 15.5. The van der Waals surface area contributed by atoms with Crippen LogP contribution in [0.2, 0.25) is 0 Å². The van der Waals surface area contributed by atoms with Gasteiger partial charge in [0.2, 0.25) is 0 Å². The van der Waals surface area contributed by atoms with E-state index in [1.807, 2.05) is 0 Å². The van der Waals surface area contributed by atoms with E-state index >= 15 is 0 Å². The first kappa shape index (κ1) is 16.9. The number of piperazine rings is 1. The van der Waals surface area contributed by atoms with Crippen LogP contribution in [-0.4, -0.2) is 58.7 Å². The predicted octanol–water partition coefficient (Wildman–Crippen LogP) is 2.33. The molecule has 0 spiro atoms. The third kappa shape index (κ3) is 4.49. The molecular formula is C16H29N3OS. The van der Waals surface area contributed by atoms with Crippen molar-refractivity contribution in [3.63, 3.8) is 0 Å². The van der Waals surface area contributed by atoms with Crippen LogP contribution in [0.5, 0.6) is 0 Å². The van der Waals surface area contributed by atoms with Gasteiger partial charge in [-0.15, -0.1) is 11.3 Å². The van der Waals surface area contributed by atoms with Crippen LogP contribution in [0, 0.1) is 0 Å². The molecule has 1 atom stereocenters. The van der Waals surface area contributed by atoms with Crippen molar-refractivity contribution in [2.45, 2.75) is 52.1 Å². The summed E-state index contributed by atoms with van der Waals surface area (Å²) < 4.78 is 0. The van der Waals surface area contributed by atoms with Gasteiger partial charge in [0.1, 0.15) is 0 Å². The van der Waals surface area contributed by atoms with E-state index in [0.29, 0.717) is 6.04 Å². The molecule has 0 aliphatic carbocycles. The number of aliphatic hydroxyl groups is 1. The fourth-order valence-corrected chi connectivity index (χ4v) is 3.64. The van der Waals surface area contributed by atoms with Gasteiger partial charge < -0.3 is 5.11 Å². The lowest BCUT2D eigenvalue weighted by molar-refractivity contribution is 0.0604. The van der Waals surface area contributed by atoms with Gasteiger partial charge in [0.15, 0.2) is 0 Å². The van der Waals surface area contributed by atoms with Gasteiger partial charge in [0.05, 0.1) is 17.3 Å². The zero-order valence-electron chi connectivity index (χ0n) is 13.8. The second-order valence-corrected chi connectivity index (χ2v) is 7.81. The van der Waals surface area contributed by atoms with Crippen LogP contribution in [0.3, 0.4) is 0 Å². The van der Waals surface area contributed by atoms with Gasteiger partial charge in [0, 0.05) is 49.6 Å². The number of hydrogen-bond donors (Lipinski definition) is 1. The Morgan fingerprint density at radius 3 is 2.43 bits per heavy atom. The molecule has 0 aromatic carbocycles. The molecule has 0 amide bonds. The minimum atomic E-state index is 0.150. The molecule has 2 heterocycles. The van der Waals surface area contributed by atoms with Crippen LogP contribution >= 0.6 is 11.3 Å². The van der Waals surface area contributed by atoms with Crippen molar-refractivity contribution in [3.05, 3.63) is 16.1 Å². The van der Waals surface area contributed by atoms with Crippen LogP contribution in [-0.2, 0) is 12.0 Å². The van der Waals surface area contributed by atoms with E-state index in [9.17, 15) is 5.11 Å². The topological polar surface area (TPSA) is 39.6 Å². The number of aliphatic hydroxyl groups excluding tert-OH is 1. The average molecular weight is 311 g/mol. The Bertz CT molecular complexity index is 429. The summed E-state index contributed by atoms with van der Waals surface area (Å²) in [6.45, 7) is 14.3. The summed E-state index contributed by atoms with van der Waals surface area (Å²) in [7, 11) is 0. The normalized spacial score (nSPS) is 19.9. The van der Waals surface area contributed by atoms with E-state index in [1.54, 1.807) is 11.3 Å². The van der Waals surface area contributed by atoms with E-state index in [1.165, 1.54) is 10.7 Å². The first-order chi connectivity index (χ1) is 9.94. The maximum atomic E-state index is 9.39. The van der Waals surface area contributed by atoms with Crippen molar-refractivity contribution in [1.29, 1.82) is 0 Å². The fraction of sp³-hybridized carbons (Fsp3) is 0.812. The minimum absolute atomic E-state index is 0.150. The molecule has 1 aromatic rings. The Balaban J connectivity index is 1.85. The zero-order valence-corrected chi connectivity index (χ0v) is 14.6. The van der Waals surface area contributed by atoms with Crippen LogP contribution in [0.4, 0.5) is 0 Å². The van der Waals surface area contributed by atoms with Crippen LogP contribution < -0.4 is 0 Å². The monoisotopic (exact) mass is 311 g/mol. The average Bonchev–Trinajstić information content (AvgIpc) is 2.90. The molecule has 4 nitrogen and oxygen atoms in total. The molecule has 0 radical (unpaired) electrons. The first-order valence-corrected chi connectivity index (χ1v) is 8.84. The van der Waals surface area contributed by atoms with Crippen LogP contribution in [0.25, 0.3) is 0 Å². The summed E-state index contributed by atoms with van der Waals surface area (Å²) >= 11 is 1.78. The Morgan fingerprint density at radius 2 is 1.95 bits per heavy atom. The summed E-state index contributed by atoms with van der Waals surface area (Å²) in [6, 6.07) is 0.332. The van der Waals surface area contributed by atoms with Crippen molar-refractivity contribution in [1.82, 2.24) is 14.8 Å². The second-order valence-electron chi connectivity index (χ2n) is 6.95. The van der Waals surface area contributed by atoms with Crippen molar-refractivity contribution in [2.24, 2.45) is 0 Å². The molecule has 2 rings (SSSR count). The molecule has 1 aromatic heterocycles. The smallest absolute Gasteiger partial charge is 0.0982 e. The van der Waals surface area contributed by atoms with E-state index in [2.05, 4.69) is 42.9 Å². The standard InChI is InChI=1S/C16H29N3OS/c1-5-14(11-20)19-8-6-18(7-9-19)10-13-12-21-15(17-13)16(2,3)4/h12,14,20H,5-11H2,1-4H3. The van der Waals surface area contributed by atoms with Gasteiger partial charge in [-0.2, -0.15) is 0 Å². The summed E-state index contributed by atoms with van der Waals surface area (Å²) in [5.41, 5.74) is 1.35. The highest BCUT2D eigenvalue weighted by Gasteiger charge is 2.23. The molecule has 5 heteroatoms. The van der Waals surface area contributed by atoms with E-state index < -0.39 is 0 Å². The third-order valence-corrected chi connectivity index (χ3v) is 5.50. The Morgan fingerprint density at radius 1 is 1.29 bits per heavy atom. The van der Waals surface area contributed by atoms with E-state index in [4.69, 9.17) is 4.98 Å². The van der Waals surface area contributed by atoms with Gasteiger partial charge in [0.25, 0.3) is 0 Å². The molecule has 1 N–H and O–H groups in total. The van der Waals surface area contributed by atoms with Gasteiger partial charge in [-0.05, 0) is 6.42 Å². The van der Waals surface area contributed by atoms with Crippen molar-refractivity contribution in [2.75, 3.05) is 32.8 Å². The van der Waals surface area contributed by atoms with Crippen LogP contribution in [0.15, 0.2) is 5.38 Å². The Hall–Kier alpha value is -0.490. The van der Waals surface area contributed by atoms with Gasteiger partial charge >= 0.3 is 0 Å². The lowest BCUT2D eigenvalue weighted by Gasteiger charge is -2.38. The molecule has 1 fully saturated rings. The fourth-order valence-electron chi connectivity index (χ4n) is 2.74. The summed E-state index contributed by atoms with van der Waals surface area (Å²) in [5, 5.41) is 12.8. The number of nitrogens with zero attached hydrogens (tertiary/aromatic N) is 3. The predicted molar refractivity (Wildman–Crippen MR) is 88.8 cm³/mol. The summed E-state index contributed by atoms with van der Waals surface area (Å²) in [4.78, 5) is 9.67. The highest BCUT2D eigenvalue weighted by atomic mass is 32.1. The molecule has 21 heavy (non-hydrogen) atoms. The number of hydrogen-bond acceptors (Lipinski definition) is 5. The van der Waals surface area contributed by atoms with Gasteiger partial charge in [-0.25, -0.2) is 4.98 Å². The minimum Gasteiger partial charge on any atom is -0.395 e. The Kier molecular flexibility index (Phi) is 5.77. The van der Waals surface area contributed by atoms with Crippen LogP contribution in [0.1, 0.15) is 44.8 Å². The maximum absolute atomic E-state index is 9.39. The molecule has 1 aliphatic rings. The maximum Gasteiger partial charge on any atom is 0.0982 e. The number of thiazole rings is 1. The quantitative estimate of drug-likeness (QED) is 0.906. The van der Waals surface area contributed by atoms with Gasteiger partial charge in [-0.1, -0.05) is 27.7 Å². The lowest BCUT2D eigenvalue weighted by Crippen LogP contribution is -2.50. The lowest BCUT2D eigenvalue weighted by atomic mass is 9.98. The highest BCUT2D eigenvalue weighted by molar-refractivity contribution is 7.09. The molecule has 0 bridgehead atoms. The number of rotatable bonds is 5. The third-order valence-electron chi connectivity index (χ3n) is 4.18. The summed E-state index contributed by atoms with van der Waals surface area (Å²) in [5.74, 6) is 0. The molecule has 1 saturated heterocycles. The van der Waals surface area contributed by atoms with Crippen molar-refractivity contribution in [3.8, 4) is 0 Å². The molecule has 120 valence electrons. The summed E-state index contributed by atoms with van der Waals surface area (Å²) in [6.07, 6.45) is 1.03. The molecular weight excluding hydrogens is 282 g/mol. The van der Waals surface area contributed by atoms with Crippen molar-refractivity contribution < 1.29 is 5.11 Å². The van der Waals surface area contributed by atoms with E-state index in [0.717, 1.165) is 39.1 Å². The molecule has 0 saturated carbocycles. The molecule has 1 unspecified atom stereocenters. The largest absolute Gasteiger partial charge is 0.395 e. The SMILES string of the molecule is CCC(CO)N1CCN(Cc2csc(C(C)(C)C)n2)CC1. The molecule has 1 aliphatic heterocycles. The van der Waals surface area contributed by atoms with Crippen molar-refractivity contribution >= 4 is 11.3 Å². The highest BCUT2D eigenvalue weighted by Crippen LogP contribution is 2.26. The van der Waals surface area contributed by atoms with Gasteiger partial charge in [-0.3, -0.25) is 9.80 Å². The second kappa shape index (κ2) is 7.18. The number of aromatic nitrogens is 1.